The first-order valence-corrected chi connectivity index (χ1v) is 10.5. The molecule has 7 heteroatoms. The maximum absolute atomic E-state index is 12.0. The molecule has 3 atom stereocenters. The normalized spacial score (nSPS) is 24.4. The monoisotopic (exact) mass is 504 g/mol. The summed E-state index contributed by atoms with van der Waals surface area (Å²) in [6, 6.07) is 4.78. The number of thiophene rings is 1. The Bertz CT molecular complexity index is 644. The minimum absolute atomic E-state index is 0. The highest BCUT2D eigenvalue weighted by molar-refractivity contribution is 14.0. The third-order valence-corrected chi connectivity index (χ3v) is 7.05. The Kier molecular flexibility index (Phi) is 7.97. The third-order valence-electron chi connectivity index (χ3n) is 5.82. The zero-order valence-electron chi connectivity index (χ0n) is 16.8. The lowest BCUT2D eigenvalue weighted by molar-refractivity contribution is -0.127. The average Bonchev–Trinajstić information content (AvgIpc) is 3.34. The summed E-state index contributed by atoms with van der Waals surface area (Å²) in [5.41, 5.74) is 0.0247. The van der Waals surface area contributed by atoms with E-state index < -0.39 is 0 Å². The lowest BCUT2D eigenvalue weighted by Crippen LogP contribution is -2.49. The molecule has 1 aromatic rings. The Hall–Kier alpha value is -0.830. The molecular formula is C20H33IN4OS. The van der Waals surface area contributed by atoms with E-state index in [9.17, 15) is 4.79 Å². The van der Waals surface area contributed by atoms with Crippen molar-refractivity contribution in [3.05, 3.63) is 22.4 Å². The second-order valence-corrected chi connectivity index (χ2v) is 9.54. The predicted molar refractivity (Wildman–Crippen MR) is 124 cm³/mol. The Balaban J connectivity index is 0.00000261. The molecule has 0 aromatic carbocycles. The Morgan fingerprint density at radius 3 is 2.67 bits per heavy atom. The van der Waals surface area contributed by atoms with Gasteiger partial charge < -0.3 is 15.5 Å². The molecule has 1 amide bonds. The molecule has 0 aliphatic heterocycles. The van der Waals surface area contributed by atoms with Crippen LogP contribution in [-0.2, 0) is 10.2 Å². The second-order valence-electron chi connectivity index (χ2n) is 8.59. The van der Waals surface area contributed by atoms with Crippen LogP contribution in [0.5, 0.6) is 0 Å². The molecule has 0 spiro atoms. The van der Waals surface area contributed by atoms with Crippen LogP contribution in [0.15, 0.2) is 22.5 Å². The Morgan fingerprint density at radius 2 is 2.11 bits per heavy atom. The van der Waals surface area contributed by atoms with Crippen LogP contribution in [0.3, 0.4) is 0 Å². The van der Waals surface area contributed by atoms with Crippen molar-refractivity contribution in [3.8, 4) is 0 Å². The van der Waals surface area contributed by atoms with Crippen LogP contribution in [0.25, 0.3) is 0 Å². The molecule has 2 saturated carbocycles. The second kappa shape index (κ2) is 9.58. The van der Waals surface area contributed by atoms with E-state index in [-0.39, 0.29) is 41.8 Å². The van der Waals surface area contributed by atoms with E-state index in [1.807, 2.05) is 0 Å². The molecule has 1 aromatic heterocycles. The van der Waals surface area contributed by atoms with Gasteiger partial charge in [-0.15, -0.1) is 35.3 Å². The minimum atomic E-state index is 0. The SMILES string of the molecule is CN(C)C(=O)CN=C(NCC(C)(C)c1cccs1)NC1CC2CCC1C2.I. The van der Waals surface area contributed by atoms with Crippen LogP contribution in [-0.4, -0.2) is 50.0 Å². The van der Waals surface area contributed by atoms with Gasteiger partial charge in [0.25, 0.3) is 0 Å². The summed E-state index contributed by atoms with van der Waals surface area (Å²) in [5.74, 6) is 2.45. The fraction of sp³-hybridized carbons (Fsp3) is 0.700. The van der Waals surface area contributed by atoms with Gasteiger partial charge in [-0.05, 0) is 42.5 Å². The fourth-order valence-electron chi connectivity index (χ4n) is 4.09. The van der Waals surface area contributed by atoms with Crippen LogP contribution in [0.1, 0.15) is 44.4 Å². The zero-order chi connectivity index (χ0) is 18.7. The molecule has 3 unspecified atom stereocenters. The molecule has 0 saturated heterocycles. The van der Waals surface area contributed by atoms with E-state index in [0.717, 1.165) is 24.3 Å². The van der Waals surface area contributed by atoms with Crippen molar-refractivity contribution < 1.29 is 4.79 Å². The summed E-state index contributed by atoms with van der Waals surface area (Å²) >= 11 is 1.79. The standard InChI is InChI=1S/C20H32N4OS.HI/c1-20(2,17-6-5-9-26-17)13-22-19(21-12-18(25)24(3)4)23-16-11-14-7-8-15(16)10-14;/h5-6,9,14-16H,7-8,10-13H2,1-4H3,(H2,21,22,23);1H. The molecule has 5 nitrogen and oxygen atoms in total. The van der Waals surface area contributed by atoms with Crippen LogP contribution < -0.4 is 10.6 Å². The van der Waals surface area contributed by atoms with Crippen LogP contribution >= 0.6 is 35.3 Å². The average molecular weight is 504 g/mol. The van der Waals surface area contributed by atoms with Gasteiger partial charge in [0, 0.05) is 37.0 Å². The number of nitrogens with one attached hydrogen (secondary N) is 2. The Labute approximate surface area is 184 Å². The van der Waals surface area contributed by atoms with Gasteiger partial charge in [-0.2, -0.15) is 0 Å². The minimum Gasteiger partial charge on any atom is -0.355 e. The summed E-state index contributed by atoms with van der Waals surface area (Å²) in [4.78, 5) is 19.5. The fourth-order valence-corrected chi connectivity index (χ4v) is 4.95. The van der Waals surface area contributed by atoms with Gasteiger partial charge in [-0.3, -0.25) is 4.79 Å². The van der Waals surface area contributed by atoms with Crippen molar-refractivity contribution in [3.63, 3.8) is 0 Å². The highest BCUT2D eigenvalue weighted by Gasteiger charge is 2.40. The molecule has 2 N–H and O–H groups in total. The number of guanidine groups is 1. The maximum atomic E-state index is 12.0. The largest absolute Gasteiger partial charge is 0.355 e. The van der Waals surface area contributed by atoms with E-state index in [4.69, 9.17) is 0 Å². The molecule has 2 bridgehead atoms. The van der Waals surface area contributed by atoms with Crippen LogP contribution in [0, 0.1) is 11.8 Å². The number of hydrogen-bond acceptors (Lipinski definition) is 3. The summed E-state index contributed by atoms with van der Waals surface area (Å²) in [7, 11) is 3.54. The highest BCUT2D eigenvalue weighted by atomic mass is 127. The van der Waals surface area contributed by atoms with Gasteiger partial charge in [0.15, 0.2) is 5.96 Å². The molecular weight excluding hydrogens is 471 g/mol. The highest BCUT2D eigenvalue weighted by Crippen LogP contribution is 2.44. The number of rotatable bonds is 6. The maximum Gasteiger partial charge on any atom is 0.243 e. The molecule has 2 aliphatic carbocycles. The number of halogens is 1. The molecule has 152 valence electrons. The molecule has 3 rings (SSSR count). The zero-order valence-corrected chi connectivity index (χ0v) is 20.0. The summed E-state index contributed by atoms with van der Waals surface area (Å²) in [6.07, 6.45) is 5.30. The van der Waals surface area contributed by atoms with Gasteiger partial charge in [-0.1, -0.05) is 26.3 Å². The molecule has 0 radical (unpaired) electrons. The number of likely N-dealkylation sites (N-methyl/N-ethyl adjacent to an activating group) is 1. The van der Waals surface area contributed by atoms with E-state index in [2.05, 4.69) is 47.0 Å². The number of amides is 1. The molecule has 2 aliphatic rings. The van der Waals surface area contributed by atoms with Gasteiger partial charge in [0.1, 0.15) is 6.54 Å². The first kappa shape index (κ1) is 22.5. The van der Waals surface area contributed by atoms with Crippen molar-refractivity contribution in [1.82, 2.24) is 15.5 Å². The summed E-state index contributed by atoms with van der Waals surface area (Å²) < 4.78 is 0. The quantitative estimate of drug-likeness (QED) is 0.355. The number of carbonyl (C=O) groups excluding carboxylic acids is 1. The van der Waals surface area contributed by atoms with Crippen molar-refractivity contribution in [2.45, 2.75) is 51.0 Å². The number of aliphatic imine (C=N–C) groups is 1. The van der Waals surface area contributed by atoms with E-state index in [1.165, 1.54) is 30.6 Å². The van der Waals surface area contributed by atoms with Gasteiger partial charge in [0.2, 0.25) is 5.91 Å². The van der Waals surface area contributed by atoms with Crippen LogP contribution in [0.2, 0.25) is 0 Å². The smallest absolute Gasteiger partial charge is 0.243 e. The number of nitrogens with zero attached hydrogens (tertiary/aromatic N) is 2. The van der Waals surface area contributed by atoms with E-state index >= 15 is 0 Å². The molecule has 27 heavy (non-hydrogen) atoms. The van der Waals surface area contributed by atoms with Crippen molar-refractivity contribution in [2.75, 3.05) is 27.2 Å². The number of fused-ring (bicyclic) bond motifs is 2. The van der Waals surface area contributed by atoms with Crippen molar-refractivity contribution >= 4 is 47.2 Å². The van der Waals surface area contributed by atoms with Gasteiger partial charge >= 0.3 is 0 Å². The van der Waals surface area contributed by atoms with Crippen molar-refractivity contribution in [2.24, 2.45) is 16.8 Å². The van der Waals surface area contributed by atoms with Gasteiger partial charge in [0.05, 0.1) is 0 Å². The predicted octanol–water partition coefficient (Wildman–Crippen LogP) is 3.46. The molecule has 1 heterocycles. The lowest BCUT2D eigenvalue weighted by Gasteiger charge is -2.28. The Morgan fingerprint density at radius 1 is 1.33 bits per heavy atom. The topological polar surface area (TPSA) is 56.7 Å². The first-order valence-electron chi connectivity index (χ1n) is 9.64. The van der Waals surface area contributed by atoms with Crippen molar-refractivity contribution in [1.29, 1.82) is 0 Å². The first-order chi connectivity index (χ1) is 12.3. The lowest BCUT2D eigenvalue weighted by atomic mass is 9.91. The molecule has 2 fully saturated rings. The third kappa shape index (κ3) is 5.82. The van der Waals surface area contributed by atoms with Crippen LogP contribution in [0.4, 0.5) is 0 Å². The number of hydrogen-bond donors (Lipinski definition) is 2. The summed E-state index contributed by atoms with van der Waals surface area (Å²) in [6.45, 7) is 5.46. The summed E-state index contributed by atoms with van der Waals surface area (Å²) in [5, 5.41) is 9.26. The van der Waals surface area contributed by atoms with Gasteiger partial charge in [-0.25, -0.2) is 4.99 Å². The van der Waals surface area contributed by atoms with E-state index in [0.29, 0.717) is 6.04 Å². The number of carbonyl (C=O) groups is 1. The van der Waals surface area contributed by atoms with E-state index in [1.54, 1.807) is 30.3 Å².